The average molecular weight is 295 g/mol. The molecule has 0 radical (unpaired) electrons. The van der Waals surface area contributed by atoms with Gasteiger partial charge in [0.25, 0.3) is 0 Å². The van der Waals surface area contributed by atoms with Crippen LogP contribution in [-0.4, -0.2) is 25.3 Å². The molecule has 3 rings (SSSR count). The molecule has 1 spiro atoms. The molecular weight excluding hydrogens is 276 g/mol. The van der Waals surface area contributed by atoms with Crippen LogP contribution in [0.25, 0.3) is 0 Å². The number of halogens is 1. The molecule has 4 nitrogen and oxygen atoms in total. The highest BCUT2D eigenvalue weighted by Crippen LogP contribution is 2.48. The number of amides is 2. The van der Waals surface area contributed by atoms with Crippen LogP contribution in [0.1, 0.15) is 25.7 Å². The molecule has 2 N–H and O–H groups in total. The fourth-order valence-electron chi connectivity index (χ4n) is 3.16. The summed E-state index contributed by atoms with van der Waals surface area (Å²) >= 11 is 5.82. The first-order valence-corrected chi connectivity index (χ1v) is 7.47. The van der Waals surface area contributed by atoms with Crippen molar-refractivity contribution in [1.82, 2.24) is 5.32 Å². The smallest absolute Gasteiger partial charge is 0.319 e. The van der Waals surface area contributed by atoms with Gasteiger partial charge in [0.15, 0.2) is 0 Å². The third-order valence-electron chi connectivity index (χ3n) is 4.57. The van der Waals surface area contributed by atoms with Crippen molar-refractivity contribution >= 4 is 23.3 Å². The number of rotatable bonds is 2. The molecule has 1 aliphatic carbocycles. The Morgan fingerprint density at radius 1 is 1.20 bits per heavy atom. The normalized spacial score (nSPS) is 23.9. The first-order valence-electron chi connectivity index (χ1n) is 7.09. The van der Waals surface area contributed by atoms with Gasteiger partial charge in [-0.15, -0.1) is 0 Å². The summed E-state index contributed by atoms with van der Waals surface area (Å²) < 4.78 is 5.42. The second kappa shape index (κ2) is 5.62. The number of hydrogen-bond acceptors (Lipinski definition) is 2. The van der Waals surface area contributed by atoms with Gasteiger partial charge in [-0.3, -0.25) is 0 Å². The average Bonchev–Trinajstić information content (AvgIpc) is 2.47. The van der Waals surface area contributed by atoms with E-state index in [-0.39, 0.29) is 17.5 Å². The number of carbonyl (C=O) groups is 1. The highest BCUT2D eigenvalue weighted by atomic mass is 35.5. The van der Waals surface area contributed by atoms with Crippen LogP contribution in [0.2, 0.25) is 5.02 Å². The van der Waals surface area contributed by atoms with Gasteiger partial charge in [-0.2, -0.15) is 0 Å². The molecule has 2 amide bonds. The van der Waals surface area contributed by atoms with E-state index in [4.69, 9.17) is 16.3 Å². The summed E-state index contributed by atoms with van der Waals surface area (Å²) in [4.78, 5) is 12.0. The molecule has 1 atom stereocenters. The summed E-state index contributed by atoms with van der Waals surface area (Å²) in [6.07, 6.45) is 4.37. The maximum absolute atomic E-state index is 12.0. The molecule has 1 saturated carbocycles. The van der Waals surface area contributed by atoms with Crippen molar-refractivity contribution in [3.8, 4) is 0 Å². The molecule has 0 aromatic heterocycles. The van der Waals surface area contributed by atoms with Gasteiger partial charge in [-0.05, 0) is 55.4 Å². The van der Waals surface area contributed by atoms with E-state index >= 15 is 0 Å². The molecular formula is C15H19ClN2O2. The number of hydrogen-bond donors (Lipinski definition) is 2. The lowest BCUT2D eigenvalue weighted by Gasteiger charge is -2.51. The van der Waals surface area contributed by atoms with Crippen LogP contribution < -0.4 is 10.6 Å². The predicted molar refractivity (Wildman–Crippen MR) is 79.1 cm³/mol. The maximum Gasteiger partial charge on any atom is 0.319 e. The minimum atomic E-state index is -0.136. The van der Waals surface area contributed by atoms with E-state index in [9.17, 15) is 4.79 Å². The van der Waals surface area contributed by atoms with Gasteiger partial charge in [0, 0.05) is 30.0 Å². The summed E-state index contributed by atoms with van der Waals surface area (Å²) in [5, 5.41) is 6.61. The number of carbonyl (C=O) groups excluding carboxylic acids is 1. The first-order chi connectivity index (χ1) is 9.68. The van der Waals surface area contributed by atoms with Crippen LogP contribution in [0, 0.1) is 5.41 Å². The number of benzene rings is 1. The third-order valence-corrected chi connectivity index (χ3v) is 4.82. The van der Waals surface area contributed by atoms with Crippen molar-refractivity contribution in [3.63, 3.8) is 0 Å². The molecule has 1 aromatic carbocycles. The summed E-state index contributed by atoms with van der Waals surface area (Å²) in [6, 6.07) is 7.27. The lowest BCUT2D eigenvalue weighted by molar-refractivity contribution is -0.0507. The number of ether oxygens (including phenoxy) is 1. The van der Waals surface area contributed by atoms with E-state index in [2.05, 4.69) is 10.6 Å². The lowest BCUT2D eigenvalue weighted by atomic mass is 9.60. The van der Waals surface area contributed by atoms with Gasteiger partial charge in [0.1, 0.15) is 0 Å². The van der Waals surface area contributed by atoms with E-state index in [0.717, 1.165) is 38.2 Å². The second-order valence-corrected chi connectivity index (χ2v) is 6.11. The quantitative estimate of drug-likeness (QED) is 0.878. The Morgan fingerprint density at radius 3 is 2.50 bits per heavy atom. The van der Waals surface area contributed by atoms with Gasteiger partial charge in [0.05, 0.1) is 0 Å². The van der Waals surface area contributed by atoms with Gasteiger partial charge in [-0.1, -0.05) is 11.6 Å². The molecule has 20 heavy (non-hydrogen) atoms. The monoisotopic (exact) mass is 294 g/mol. The molecule has 0 bridgehead atoms. The second-order valence-electron chi connectivity index (χ2n) is 5.67. The van der Waals surface area contributed by atoms with Gasteiger partial charge < -0.3 is 15.4 Å². The molecule has 1 saturated heterocycles. The zero-order valence-corrected chi connectivity index (χ0v) is 12.1. The summed E-state index contributed by atoms with van der Waals surface area (Å²) in [7, 11) is 0. The predicted octanol–water partition coefficient (Wildman–Crippen LogP) is 3.42. The van der Waals surface area contributed by atoms with E-state index in [1.165, 1.54) is 6.42 Å². The minimum Gasteiger partial charge on any atom is -0.381 e. The fraction of sp³-hybridized carbons (Fsp3) is 0.533. The molecule has 1 heterocycles. The van der Waals surface area contributed by atoms with Crippen molar-refractivity contribution in [1.29, 1.82) is 0 Å². The van der Waals surface area contributed by atoms with Gasteiger partial charge >= 0.3 is 6.03 Å². The van der Waals surface area contributed by atoms with Crippen molar-refractivity contribution in [3.05, 3.63) is 29.3 Å². The van der Waals surface area contributed by atoms with E-state index in [1.54, 1.807) is 24.3 Å². The van der Waals surface area contributed by atoms with Crippen LogP contribution in [0.4, 0.5) is 10.5 Å². The highest BCUT2D eigenvalue weighted by molar-refractivity contribution is 6.30. The number of urea groups is 1. The summed E-state index contributed by atoms with van der Waals surface area (Å²) in [6.45, 7) is 1.63. The number of anilines is 1. The van der Waals surface area contributed by atoms with Crippen LogP contribution in [0.5, 0.6) is 0 Å². The zero-order valence-electron chi connectivity index (χ0n) is 11.3. The lowest BCUT2D eigenvalue weighted by Crippen LogP contribution is -2.57. The Labute approximate surface area is 123 Å². The van der Waals surface area contributed by atoms with E-state index in [0.29, 0.717) is 5.02 Å². The zero-order chi connectivity index (χ0) is 14.0. The molecule has 1 aromatic rings. The van der Waals surface area contributed by atoms with Crippen molar-refractivity contribution in [2.24, 2.45) is 5.41 Å². The van der Waals surface area contributed by atoms with Crippen LogP contribution in [0.15, 0.2) is 24.3 Å². The van der Waals surface area contributed by atoms with Crippen molar-refractivity contribution < 1.29 is 9.53 Å². The SMILES string of the molecule is O=C(Nc1ccc(Cl)cc1)NC1CCC12CCOCC2. The third kappa shape index (κ3) is 2.76. The molecule has 1 aliphatic heterocycles. The van der Waals surface area contributed by atoms with E-state index < -0.39 is 0 Å². The maximum atomic E-state index is 12.0. The summed E-state index contributed by atoms with van der Waals surface area (Å²) in [5.74, 6) is 0. The Balaban J connectivity index is 1.55. The molecule has 5 heteroatoms. The highest BCUT2D eigenvalue weighted by Gasteiger charge is 2.47. The summed E-state index contributed by atoms with van der Waals surface area (Å²) in [5.41, 5.74) is 1.03. The first kappa shape index (κ1) is 13.7. The molecule has 1 unspecified atom stereocenters. The molecule has 2 fully saturated rings. The Bertz CT molecular complexity index is 483. The Morgan fingerprint density at radius 2 is 1.90 bits per heavy atom. The van der Waals surface area contributed by atoms with Crippen LogP contribution in [-0.2, 0) is 4.74 Å². The molecule has 2 aliphatic rings. The van der Waals surface area contributed by atoms with Crippen molar-refractivity contribution in [2.75, 3.05) is 18.5 Å². The van der Waals surface area contributed by atoms with Gasteiger partial charge in [0.2, 0.25) is 0 Å². The van der Waals surface area contributed by atoms with Crippen LogP contribution in [0.3, 0.4) is 0 Å². The van der Waals surface area contributed by atoms with Gasteiger partial charge in [-0.25, -0.2) is 4.79 Å². The largest absolute Gasteiger partial charge is 0.381 e. The Hall–Kier alpha value is -1.26. The fourth-order valence-corrected chi connectivity index (χ4v) is 3.28. The minimum absolute atomic E-state index is 0.136. The standard InChI is InChI=1S/C15H19ClN2O2/c16-11-1-3-12(4-2-11)17-14(19)18-13-5-6-15(13)7-9-20-10-8-15/h1-4,13H,5-10H2,(H2,17,18,19). The van der Waals surface area contributed by atoms with Crippen LogP contribution >= 0.6 is 11.6 Å². The number of nitrogens with one attached hydrogen (secondary N) is 2. The molecule has 108 valence electrons. The van der Waals surface area contributed by atoms with E-state index in [1.807, 2.05) is 0 Å². The van der Waals surface area contributed by atoms with Crippen molar-refractivity contribution in [2.45, 2.75) is 31.7 Å². The Kier molecular flexibility index (Phi) is 3.85. The topological polar surface area (TPSA) is 50.4 Å².